The second-order valence-electron chi connectivity index (χ2n) is 4.18. The highest BCUT2D eigenvalue weighted by Crippen LogP contribution is 2.14. The standard InChI is InChI=1S/C14H18N2O3S/c1-3-4-8-19-9-7-16-20(17,18)14-6-5-13(11-15)12(2)10-14/h3,5-6,10,16H,1,4,7-9H2,2H3. The van der Waals surface area contributed by atoms with E-state index >= 15 is 0 Å². The minimum atomic E-state index is -3.56. The molecule has 0 aliphatic carbocycles. The SMILES string of the molecule is C=CCCOCCNS(=O)(=O)c1ccc(C#N)c(C)c1. The Labute approximate surface area is 119 Å². The second kappa shape index (κ2) is 7.80. The molecule has 20 heavy (non-hydrogen) atoms. The lowest BCUT2D eigenvalue weighted by atomic mass is 10.1. The van der Waals surface area contributed by atoms with E-state index in [0.717, 1.165) is 6.42 Å². The van der Waals surface area contributed by atoms with Crippen LogP contribution in [0.5, 0.6) is 0 Å². The molecule has 0 aliphatic heterocycles. The van der Waals surface area contributed by atoms with Crippen LogP contribution in [0.15, 0.2) is 35.7 Å². The minimum Gasteiger partial charge on any atom is -0.380 e. The summed E-state index contributed by atoms with van der Waals surface area (Å²) in [5.74, 6) is 0. The third kappa shape index (κ3) is 4.78. The Balaban J connectivity index is 2.59. The lowest BCUT2D eigenvalue weighted by Crippen LogP contribution is -2.27. The van der Waals surface area contributed by atoms with Gasteiger partial charge in [0.25, 0.3) is 0 Å². The molecular formula is C14H18N2O3S. The van der Waals surface area contributed by atoms with Crippen molar-refractivity contribution in [3.05, 3.63) is 42.0 Å². The minimum absolute atomic E-state index is 0.153. The van der Waals surface area contributed by atoms with Gasteiger partial charge in [-0.05, 0) is 37.1 Å². The van der Waals surface area contributed by atoms with Crippen LogP contribution in [0.1, 0.15) is 17.5 Å². The van der Waals surface area contributed by atoms with Crippen LogP contribution in [0.4, 0.5) is 0 Å². The van der Waals surface area contributed by atoms with Crippen LogP contribution in [-0.2, 0) is 14.8 Å². The maximum atomic E-state index is 12.0. The summed E-state index contributed by atoms with van der Waals surface area (Å²) in [7, 11) is -3.56. The van der Waals surface area contributed by atoms with Gasteiger partial charge in [-0.15, -0.1) is 6.58 Å². The summed E-state index contributed by atoms with van der Waals surface area (Å²) in [6, 6.07) is 6.42. The molecule has 0 aliphatic rings. The Kier molecular flexibility index (Phi) is 6.39. The molecule has 1 N–H and O–H groups in total. The van der Waals surface area contributed by atoms with E-state index in [1.165, 1.54) is 18.2 Å². The number of nitrogens with one attached hydrogen (secondary N) is 1. The van der Waals surface area contributed by atoms with Gasteiger partial charge in [-0.2, -0.15) is 5.26 Å². The van der Waals surface area contributed by atoms with E-state index in [2.05, 4.69) is 11.3 Å². The van der Waals surface area contributed by atoms with E-state index in [1.807, 2.05) is 6.07 Å². The third-order valence-corrected chi connectivity index (χ3v) is 4.09. The largest absolute Gasteiger partial charge is 0.380 e. The van der Waals surface area contributed by atoms with E-state index in [1.54, 1.807) is 13.0 Å². The summed E-state index contributed by atoms with van der Waals surface area (Å²) in [4.78, 5) is 0.153. The van der Waals surface area contributed by atoms with Gasteiger partial charge in [-0.1, -0.05) is 6.08 Å². The number of rotatable bonds is 8. The summed E-state index contributed by atoms with van der Waals surface area (Å²) in [5, 5.41) is 8.82. The van der Waals surface area contributed by atoms with E-state index < -0.39 is 10.0 Å². The Bertz CT molecular complexity index is 603. The van der Waals surface area contributed by atoms with Gasteiger partial charge < -0.3 is 4.74 Å². The molecule has 0 fully saturated rings. The van der Waals surface area contributed by atoms with Gasteiger partial charge in [0.15, 0.2) is 0 Å². The fourth-order valence-electron chi connectivity index (χ4n) is 1.53. The van der Waals surface area contributed by atoms with Crippen molar-refractivity contribution < 1.29 is 13.2 Å². The Hall–Kier alpha value is -1.68. The van der Waals surface area contributed by atoms with Crippen molar-refractivity contribution in [3.8, 4) is 6.07 Å². The van der Waals surface area contributed by atoms with Gasteiger partial charge in [-0.25, -0.2) is 13.1 Å². The monoisotopic (exact) mass is 294 g/mol. The molecule has 0 unspecified atom stereocenters. The first-order valence-corrected chi connectivity index (χ1v) is 7.68. The zero-order valence-electron chi connectivity index (χ0n) is 11.4. The molecular weight excluding hydrogens is 276 g/mol. The van der Waals surface area contributed by atoms with Crippen LogP contribution in [0.25, 0.3) is 0 Å². The van der Waals surface area contributed by atoms with Gasteiger partial charge in [0.05, 0.1) is 29.7 Å². The van der Waals surface area contributed by atoms with E-state index in [4.69, 9.17) is 10.00 Å². The van der Waals surface area contributed by atoms with Crippen molar-refractivity contribution in [3.63, 3.8) is 0 Å². The molecule has 108 valence electrons. The van der Waals surface area contributed by atoms with E-state index in [0.29, 0.717) is 24.3 Å². The summed E-state index contributed by atoms with van der Waals surface area (Å²) in [5.41, 5.74) is 1.11. The summed E-state index contributed by atoms with van der Waals surface area (Å²) < 4.78 is 31.7. The zero-order chi connectivity index (χ0) is 15.0. The fourth-order valence-corrected chi connectivity index (χ4v) is 2.63. The van der Waals surface area contributed by atoms with Gasteiger partial charge in [0.2, 0.25) is 10.0 Å². The van der Waals surface area contributed by atoms with Crippen molar-refractivity contribution in [2.45, 2.75) is 18.2 Å². The highest BCUT2D eigenvalue weighted by atomic mass is 32.2. The molecule has 5 nitrogen and oxygen atoms in total. The molecule has 0 atom stereocenters. The molecule has 1 rings (SSSR count). The Morgan fingerprint density at radius 1 is 1.45 bits per heavy atom. The molecule has 0 radical (unpaired) electrons. The van der Waals surface area contributed by atoms with Crippen LogP contribution in [-0.4, -0.2) is 28.2 Å². The molecule has 0 heterocycles. The third-order valence-electron chi connectivity index (χ3n) is 2.63. The van der Waals surface area contributed by atoms with Crippen LogP contribution < -0.4 is 4.72 Å². The van der Waals surface area contributed by atoms with Crippen LogP contribution in [0.2, 0.25) is 0 Å². The quantitative estimate of drug-likeness (QED) is 0.585. The number of nitrogens with zero attached hydrogens (tertiary/aromatic N) is 1. The Morgan fingerprint density at radius 2 is 2.20 bits per heavy atom. The van der Waals surface area contributed by atoms with Gasteiger partial charge in [0.1, 0.15) is 0 Å². The first-order chi connectivity index (χ1) is 9.51. The van der Waals surface area contributed by atoms with Crippen molar-refractivity contribution in [1.29, 1.82) is 5.26 Å². The maximum absolute atomic E-state index is 12.0. The molecule has 0 saturated heterocycles. The smallest absolute Gasteiger partial charge is 0.240 e. The Morgan fingerprint density at radius 3 is 2.80 bits per heavy atom. The van der Waals surface area contributed by atoms with Gasteiger partial charge in [0, 0.05) is 6.54 Å². The summed E-state index contributed by atoms with van der Waals surface area (Å²) >= 11 is 0. The van der Waals surface area contributed by atoms with Crippen LogP contribution in [0, 0.1) is 18.3 Å². The van der Waals surface area contributed by atoms with E-state index in [-0.39, 0.29) is 11.4 Å². The lowest BCUT2D eigenvalue weighted by Gasteiger charge is -2.08. The first-order valence-electron chi connectivity index (χ1n) is 6.20. The van der Waals surface area contributed by atoms with Gasteiger partial charge in [-0.3, -0.25) is 0 Å². The van der Waals surface area contributed by atoms with Crippen LogP contribution in [0.3, 0.4) is 0 Å². The molecule has 0 saturated carbocycles. The summed E-state index contributed by atoms with van der Waals surface area (Å²) in [6.45, 7) is 6.31. The normalized spacial score (nSPS) is 11.0. The topological polar surface area (TPSA) is 79.2 Å². The van der Waals surface area contributed by atoms with Crippen molar-refractivity contribution >= 4 is 10.0 Å². The van der Waals surface area contributed by atoms with Crippen molar-refractivity contribution in [2.24, 2.45) is 0 Å². The molecule has 1 aromatic rings. The number of sulfonamides is 1. The number of hydrogen-bond acceptors (Lipinski definition) is 4. The molecule has 6 heteroatoms. The highest BCUT2D eigenvalue weighted by Gasteiger charge is 2.14. The number of aryl methyl sites for hydroxylation is 1. The maximum Gasteiger partial charge on any atom is 0.240 e. The second-order valence-corrected chi connectivity index (χ2v) is 5.94. The molecule has 0 bridgehead atoms. The predicted molar refractivity (Wildman–Crippen MR) is 76.7 cm³/mol. The predicted octanol–water partition coefficient (Wildman–Crippen LogP) is 1.74. The molecule has 1 aromatic carbocycles. The fraction of sp³-hybridized carbons (Fsp3) is 0.357. The van der Waals surface area contributed by atoms with Crippen molar-refractivity contribution in [1.82, 2.24) is 4.72 Å². The van der Waals surface area contributed by atoms with Gasteiger partial charge >= 0.3 is 0 Å². The van der Waals surface area contributed by atoms with Crippen molar-refractivity contribution in [2.75, 3.05) is 19.8 Å². The molecule has 0 spiro atoms. The lowest BCUT2D eigenvalue weighted by molar-refractivity contribution is 0.144. The highest BCUT2D eigenvalue weighted by molar-refractivity contribution is 7.89. The summed E-state index contributed by atoms with van der Waals surface area (Å²) in [6.07, 6.45) is 2.48. The number of benzene rings is 1. The average Bonchev–Trinajstić information content (AvgIpc) is 2.42. The number of nitriles is 1. The first kappa shape index (κ1) is 16.4. The zero-order valence-corrected chi connectivity index (χ0v) is 12.2. The van der Waals surface area contributed by atoms with Crippen LogP contribution >= 0.6 is 0 Å². The van der Waals surface area contributed by atoms with E-state index in [9.17, 15) is 8.42 Å². The molecule has 0 amide bonds. The molecule has 0 aromatic heterocycles. The average molecular weight is 294 g/mol. The number of ether oxygens (including phenoxy) is 1. The number of hydrogen-bond donors (Lipinski definition) is 1.